The fourth-order valence-corrected chi connectivity index (χ4v) is 5.82. The molecule has 2 aromatic carbocycles. The second kappa shape index (κ2) is 10.7. The molecule has 0 amide bonds. The van der Waals surface area contributed by atoms with Gasteiger partial charge in [-0.15, -0.1) is 0 Å². The average Bonchev–Trinajstić information content (AvgIpc) is 3.18. The zero-order valence-corrected chi connectivity index (χ0v) is 21.5. The maximum atomic E-state index is 14.4. The minimum atomic E-state index is -3.08. The second-order valence-corrected chi connectivity index (χ2v) is 10.5. The largest absolute Gasteiger partial charge is 0.434 e. The summed E-state index contributed by atoms with van der Waals surface area (Å²) in [7, 11) is 0. The number of ether oxygens (including phenoxy) is 1. The fourth-order valence-electron chi connectivity index (χ4n) is 5.82. The van der Waals surface area contributed by atoms with E-state index >= 15 is 0 Å². The first-order valence-corrected chi connectivity index (χ1v) is 13.0. The number of rotatable bonds is 10. The number of nitrogens with one attached hydrogen (secondary N) is 2. The minimum absolute atomic E-state index is 0.0493. The van der Waals surface area contributed by atoms with Crippen LogP contribution in [0.1, 0.15) is 43.1 Å². The van der Waals surface area contributed by atoms with Gasteiger partial charge in [0.05, 0.1) is 25.3 Å². The number of halogens is 5. The predicted molar refractivity (Wildman–Crippen MR) is 138 cm³/mol. The molecule has 0 spiro atoms. The summed E-state index contributed by atoms with van der Waals surface area (Å²) in [5.74, 6) is -3.04. The maximum Gasteiger partial charge on any atom is 0.387 e. The Morgan fingerprint density at radius 1 is 1.16 bits per heavy atom. The van der Waals surface area contributed by atoms with Gasteiger partial charge in [-0.1, -0.05) is 24.3 Å². The second-order valence-electron chi connectivity index (χ2n) is 10.5. The van der Waals surface area contributed by atoms with Gasteiger partial charge in [0.25, 0.3) is 5.92 Å². The smallest absolute Gasteiger partial charge is 0.387 e. The molecule has 206 valence electrons. The molecule has 2 atom stereocenters. The lowest BCUT2D eigenvalue weighted by molar-refractivity contribution is -0.0542. The molecule has 0 bridgehead atoms. The van der Waals surface area contributed by atoms with Crippen molar-refractivity contribution in [1.82, 2.24) is 14.8 Å². The molecule has 2 aliphatic heterocycles. The molecule has 0 saturated carbocycles. The lowest BCUT2D eigenvalue weighted by Gasteiger charge is -2.42. The van der Waals surface area contributed by atoms with E-state index in [1.54, 1.807) is 17.0 Å². The summed E-state index contributed by atoms with van der Waals surface area (Å²) in [5.41, 5.74) is 3.60. The molecule has 3 heterocycles. The summed E-state index contributed by atoms with van der Waals surface area (Å²) in [6.45, 7) is 0.928. The zero-order chi connectivity index (χ0) is 27.0. The van der Waals surface area contributed by atoms with Gasteiger partial charge in [0.15, 0.2) is 0 Å². The van der Waals surface area contributed by atoms with Crippen LogP contribution in [0.25, 0.3) is 10.9 Å². The summed E-state index contributed by atoms with van der Waals surface area (Å²) in [5, 5.41) is 4.32. The van der Waals surface area contributed by atoms with Crippen molar-refractivity contribution in [2.24, 2.45) is 0 Å². The Balaban J connectivity index is 1.52. The minimum Gasteiger partial charge on any atom is -0.434 e. The summed E-state index contributed by atoms with van der Waals surface area (Å²) in [6.07, 6.45) is 1.04. The average molecular weight is 537 g/mol. The highest BCUT2D eigenvalue weighted by Crippen LogP contribution is 2.45. The van der Waals surface area contributed by atoms with Gasteiger partial charge >= 0.3 is 6.61 Å². The van der Waals surface area contributed by atoms with E-state index in [9.17, 15) is 22.0 Å². The van der Waals surface area contributed by atoms with Crippen LogP contribution in [0.2, 0.25) is 0 Å². The van der Waals surface area contributed by atoms with Crippen LogP contribution in [0.15, 0.2) is 42.5 Å². The molecule has 0 aliphatic carbocycles. The van der Waals surface area contributed by atoms with Crippen LogP contribution in [-0.4, -0.2) is 72.3 Å². The van der Waals surface area contributed by atoms with Crippen LogP contribution in [0, 0.1) is 0 Å². The molecule has 5 rings (SSSR count). The lowest BCUT2D eigenvalue weighted by Crippen LogP contribution is -2.54. The molecule has 1 saturated heterocycles. The van der Waals surface area contributed by atoms with Crippen molar-refractivity contribution >= 4 is 16.6 Å². The van der Waals surface area contributed by atoms with Crippen LogP contribution in [-0.2, 0) is 6.42 Å². The highest BCUT2D eigenvalue weighted by molar-refractivity contribution is 5.85. The maximum absolute atomic E-state index is 14.4. The number of alkyl halides is 5. The van der Waals surface area contributed by atoms with E-state index in [0.29, 0.717) is 30.6 Å². The molecule has 38 heavy (non-hydrogen) atoms. The van der Waals surface area contributed by atoms with Gasteiger partial charge in [-0.2, -0.15) is 8.78 Å². The highest BCUT2D eigenvalue weighted by atomic mass is 19.3. The van der Waals surface area contributed by atoms with Crippen LogP contribution in [0.4, 0.5) is 27.6 Å². The SMILES string of the molecule is C[C@@H]1Cc2c([nH]c3ccccc23)C(c2ccc(NC3CN(CCCF)C3)cc2OC(F)F)N1CC(C)(F)F. The van der Waals surface area contributed by atoms with E-state index in [1.807, 2.05) is 31.2 Å². The number of H-pyrrole nitrogens is 1. The van der Waals surface area contributed by atoms with Crippen molar-refractivity contribution in [3.05, 3.63) is 59.3 Å². The van der Waals surface area contributed by atoms with Gasteiger partial charge in [0.1, 0.15) is 5.75 Å². The zero-order valence-electron chi connectivity index (χ0n) is 21.5. The quantitative estimate of drug-likeness (QED) is 0.302. The van der Waals surface area contributed by atoms with E-state index in [4.69, 9.17) is 4.74 Å². The number of hydrogen-bond acceptors (Lipinski definition) is 4. The van der Waals surface area contributed by atoms with Crippen molar-refractivity contribution in [1.29, 1.82) is 0 Å². The Labute approximate surface area is 218 Å². The Morgan fingerprint density at radius 3 is 2.63 bits per heavy atom. The Kier molecular flexibility index (Phi) is 7.55. The van der Waals surface area contributed by atoms with Gasteiger partial charge in [0, 0.05) is 66.5 Å². The summed E-state index contributed by atoms with van der Waals surface area (Å²) >= 11 is 0. The van der Waals surface area contributed by atoms with Crippen LogP contribution < -0.4 is 10.1 Å². The third-order valence-electron chi connectivity index (χ3n) is 7.44. The molecular formula is C28H33F5N4O. The Bertz CT molecular complexity index is 1250. The number of anilines is 1. The highest BCUT2D eigenvalue weighted by Gasteiger charge is 2.41. The standard InChI is InChI=1S/C28H33F5N4O/c1-17-12-22-20-6-3-4-7-23(20)35-25(22)26(37(17)16-28(2,32)33)21-9-8-18(13-24(21)38-27(30)31)34-19-14-36(15-19)11-5-10-29/h3-4,6-9,13,17,19,26-27,34-35H,5,10-12,14-16H2,1-2H3/t17-,26?/m1/s1. The van der Waals surface area contributed by atoms with Crippen LogP contribution in [0.5, 0.6) is 5.75 Å². The van der Waals surface area contributed by atoms with E-state index in [-0.39, 0.29) is 24.5 Å². The molecule has 1 unspecified atom stereocenters. The lowest BCUT2D eigenvalue weighted by atomic mass is 9.87. The molecular weight excluding hydrogens is 503 g/mol. The summed E-state index contributed by atoms with van der Waals surface area (Å²) < 4.78 is 73.4. The molecule has 2 aliphatic rings. The van der Waals surface area contributed by atoms with Crippen LogP contribution >= 0.6 is 0 Å². The summed E-state index contributed by atoms with van der Waals surface area (Å²) in [6, 6.07) is 11.8. The fraction of sp³-hybridized carbons (Fsp3) is 0.500. The third kappa shape index (κ3) is 5.61. The number of aromatic amines is 1. The van der Waals surface area contributed by atoms with E-state index in [1.165, 1.54) is 6.07 Å². The van der Waals surface area contributed by atoms with E-state index in [2.05, 4.69) is 15.2 Å². The van der Waals surface area contributed by atoms with E-state index in [0.717, 1.165) is 42.2 Å². The van der Waals surface area contributed by atoms with Crippen molar-refractivity contribution in [3.8, 4) is 5.75 Å². The van der Waals surface area contributed by atoms with Gasteiger partial charge in [-0.25, -0.2) is 8.78 Å². The van der Waals surface area contributed by atoms with Crippen molar-refractivity contribution < 1.29 is 26.7 Å². The van der Waals surface area contributed by atoms with Crippen molar-refractivity contribution in [2.75, 3.05) is 38.2 Å². The number of benzene rings is 2. The monoisotopic (exact) mass is 536 g/mol. The Morgan fingerprint density at radius 2 is 1.92 bits per heavy atom. The van der Waals surface area contributed by atoms with Gasteiger partial charge in [-0.05, 0) is 37.5 Å². The predicted octanol–water partition coefficient (Wildman–Crippen LogP) is 6.22. The molecule has 0 radical (unpaired) electrons. The number of para-hydroxylation sites is 1. The number of nitrogens with zero attached hydrogens (tertiary/aromatic N) is 2. The molecule has 5 nitrogen and oxygen atoms in total. The van der Waals surface area contributed by atoms with Gasteiger partial charge in [-0.3, -0.25) is 14.2 Å². The molecule has 10 heteroatoms. The van der Waals surface area contributed by atoms with Gasteiger partial charge in [0.2, 0.25) is 0 Å². The number of likely N-dealkylation sites (tertiary alicyclic amines) is 1. The van der Waals surface area contributed by atoms with Crippen molar-refractivity contribution in [2.45, 2.75) is 57.3 Å². The van der Waals surface area contributed by atoms with E-state index < -0.39 is 25.1 Å². The molecule has 1 fully saturated rings. The number of fused-ring (bicyclic) bond motifs is 3. The Hall–Kier alpha value is -2.85. The summed E-state index contributed by atoms with van der Waals surface area (Å²) in [4.78, 5) is 7.18. The number of aromatic nitrogens is 1. The van der Waals surface area contributed by atoms with Crippen LogP contribution in [0.3, 0.4) is 0 Å². The van der Waals surface area contributed by atoms with Crippen molar-refractivity contribution in [3.63, 3.8) is 0 Å². The van der Waals surface area contributed by atoms with Gasteiger partial charge < -0.3 is 15.0 Å². The third-order valence-corrected chi connectivity index (χ3v) is 7.44. The first-order valence-electron chi connectivity index (χ1n) is 13.0. The first-order chi connectivity index (χ1) is 18.1. The molecule has 2 N–H and O–H groups in total. The topological polar surface area (TPSA) is 43.5 Å². The number of hydrogen-bond donors (Lipinski definition) is 2. The first kappa shape index (κ1) is 26.7. The molecule has 3 aromatic rings. The molecule has 1 aromatic heterocycles. The normalized spacial score (nSPS) is 21.1.